The van der Waals surface area contributed by atoms with Crippen molar-refractivity contribution in [2.24, 2.45) is 0 Å². The van der Waals surface area contributed by atoms with Crippen LogP contribution in [-0.2, 0) is 6.18 Å². The molecule has 0 aliphatic heterocycles. The fourth-order valence-electron chi connectivity index (χ4n) is 1.14. The Kier molecular flexibility index (Phi) is 5.41. The Labute approximate surface area is 91.1 Å². The molecule has 0 N–H and O–H groups in total. The maximum atomic E-state index is 12.2. The molecular weight excluding hydrogens is 227 g/mol. The van der Waals surface area contributed by atoms with Gasteiger partial charge in [0.15, 0.2) is 0 Å². The van der Waals surface area contributed by atoms with Crippen molar-refractivity contribution >= 4 is 0 Å². The Morgan fingerprint density at radius 1 is 1.06 bits per heavy atom. The first kappa shape index (κ1) is 14.9. The smallest absolute Gasteiger partial charge is 0.205 e. The van der Waals surface area contributed by atoms with E-state index in [0.717, 1.165) is 19.1 Å². The van der Waals surface area contributed by atoms with Crippen molar-refractivity contribution in [2.75, 3.05) is 0 Å². The first-order valence-electron chi connectivity index (χ1n) is 4.78. The van der Waals surface area contributed by atoms with Gasteiger partial charge in [0.1, 0.15) is 0 Å². The quantitative estimate of drug-likeness (QED) is 0.607. The van der Waals surface area contributed by atoms with Crippen molar-refractivity contribution < 1.29 is 22.0 Å². The van der Waals surface area contributed by atoms with E-state index in [1.807, 2.05) is 13.8 Å². The molecule has 1 aromatic rings. The zero-order chi connectivity index (χ0) is 12.9. The van der Waals surface area contributed by atoms with Gasteiger partial charge in [-0.25, -0.2) is 8.78 Å². The van der Waals surface area contributed by atoms with Crippen molar-refractivity contribution in [1.82, 2.24) is 0 Å². The molecule has 0 saturated carbocycles. The summed E-state index contributed by atoms with van der Waals surface area (Å²) >= 11 is 0. The van der Waals surface area contributed by atoms with E-state index in [9.17, 15) is 22.0 Å². The minimum atomic E-state index is -4.48. The van der Waals surface area contributed by atoms with Crippen molar-refractivity contribution in [3.63, 3.8) is 0 Å². The summed E-state index contributed by atoms with van der Waals surface area (Å²) in [4.78, 5) is 0. The first-order valence-corrected chi connectivity index (χ1v) is 4.78. The van der Waals surface area contributed by atoms with E-state index >= 15 is 0 Å². The van der Waals surface area contributed by atoms with Gasteiger partial charge in [-0.05, 0) is 24.6 Å². The summed E-state index contributed by atoms with van der Waals surface area (Å²) in [6.07, 6.45) is -7.22. The third-order valence-electron chi connectivity index (χ3n) is 1.81. The highest BCUT2D eigenvalue weighted by Crippen LogP contribution is 2.33. The third-order valence-corrected chi connectivity index (χ3v) is 1.81. The lowest BCUT2D eigenvalue weighted by Gasteiger charge is -2.11. The standard InChI is InChI=1S/C9H7F5.C2H6/c1-5-4-6(8(10)11)2-3-7(5)9(12,13)14;1-2/h2-4,8H,1H3;1-2H3. The Morgan fingerprint density at radius 3 is 1.88 bits per heavy atom. The molecular formula is C11H13F5. The van der Waals surface area contributed by atoms with Crippen molar-refractivity contribution in [2.45, 2.75) is 33.4 Å². The van der Waals surface area contributed by atoms with Gasteiger partial charge in [-0.15, -0.1) is 0 Å². The Balaban J connectivity index is 0.00000106. The van der Waals surface area contributed by atoms with Gasteiger partial charge in [0.25, 0.3) is 6.43 Å². The topological polar surface area (TPSA) is 0 Å². The Bertz CT molecular complexity index is 328. The predicted octanol–water partition coefficient (Wildman–Crippen LogP) is 4.98. The molecule has 0 atom stereocenters. The number of aryl methyl sites for hydroxylation is 1. The van der Waals surface area contributed by atoms with Gasteiger partial charge < -0.3 is 0 Å². The van der Waals surface area contributed by atoms with Gasteiger partial charge in [0, 0.05) is 5.56 Å². The van der Waals surface area contributed by atoms with Crippen LogP contribution in [0.25, 0.3) is 0 Å². The molecule has 0 aliphatic rings. The van der Waals surface area contributed by atoms with Crippen LogP contribution in [0.3, 0.4) is 0 Å². The van der Waals surface area contributed by atoms with E-state index < -0.39 is 23.7 Å². The SMILES string of the molecule is CC.Cc1cc(C(F)F)ccc1C(F)(F)F. The molecule has 5 heteroatoms. The monoisotopic (exact) mass is 240 g/mol. The molecule has 0 saturated heterocycles. The summed E-state index contributed by atoms with van der Waals surface area (Å²) in [7, 11) is 0. The fraction of sp³-hybridized carbons (Fsp3) is 0.455. The van der Waals surface area contributed by atoms with Crippen molar-refractivity contribution in [1.29, 1.82) is 0 Å². The zero-order valence-corrected chi connectivity index (χ0v) is 9.20. The molecule has 0 heterocycles. The van der Waals surface area contributed by atoms with Crippen LogP contribution in [0.4, 0.5) is 22.0 Å². The summed E-state index contributed by atoms with van der Waals surface area (Å²) in [5.74, 6) is 0. The molecule has 0 spiro atoms. The van der Waals surface area contributed by atoms with Gasteiger partial charge in [0.05, 0.1) is 5.56 Å². The largest absolute Gasteiger partial charge is 0.416 e. The predicted molar refractivity (Wildman–Crippen MR) is 52.5 cm³/mol. The van der Waals surface area contributed by atoms with E-state index in [1.165, 1.54) is 0 Å². The minimum Gasteiger partial charge on any atom is -0.205 e. The normalized spacial score (nSPS) is 11.1. The summed E-state index contributed by atoms with van der Waals surface area (Å²) in [5, 5.41) is 0. The zero-order valence-electron chi connectivity index (χ0n) is 9.20. The number of halogens is 5. The second kappa shape index (κ2) is 5.82. The molecule has 0 fully saturated rings. The van der Waals surface area contributed by atoms with Gasteiger partial charge in [-0.1, -0.05) is 19.9 Å². The third kappa shape index (κ3) is 3.79. The summed E-state index contributed by atoms with van der Waals surface area (Å²) in [6.45, 7) is 5.16. The van der Waals surface area contributed by atoms with Crippen LogP contribution >= 0.6 is 0 Å². The first-order chi connectivity index (χ1) is 7.32. The van der Waals surface area contributed by atoms with E-state index in [0.29, 0.717) is 6.07 Å². The molecule has 0 aliphatic carbocycles. The number of hydrogen-bond acceptors (Lipinski definition) is 0. The molecule has 16 heavy (non-hydrogen) atoms. The van der Waals surface area contributed by atoms with Crippen molar-refractivity contribution in [3.8, 4) is 0 Å². The molecule has 0 nitrogen and oxygen atoms in total. The van der Waals surface area contributed by atoms with Crippen LogP contribution in [0, 0.1) is 6.92 Å². The molecule has 1 aromatic carbocycles. The minimum absolute atomic E-state index is 0.185. The highest BCUT2D eigenvalue weighted by Gasteiger charge is 2.32. The fourth-order valence-corrected chi connectivity index (χ4v) is 1.14. The van der Waals surface area contributed by atoms with Gasteiger partial charge in [-0.2, -0.15) is 13.2 Å². The van der Waals surface area contributed by atoms with Crippen LogP contribution in [0.1, 0.15) is 37.0 Å². The molecule has 1 rings (SSSR count). The van der Waals surface area contributed by atoms with Crippen LogP contribution in [0.15, 0.2) is 18.2 Å². The van der Waals surface area contributed by atoms with Crippen LogP contribution in [-0.4, -0.2) is 0 Å². The Hall–Kier alpha value is -1.13. The molecule has 0 bridgehead atoms. The van der Waals surface area contributed by atoms with Crippen LogP contribution in [0.2, 0.25) is 0 Å². The highest BCUT2D eigenvalue weighted by atomic mass is 19.4. The summed E-state index contributed by atoms with van der Waals surface area (Å²) < 4.78 is 60.8. The number of rotatable bonds is 1. The van der Waals surface area contributed by atoms with Gasteiger partial charge in [0.2, 0.25) is 0 Å². The van der Waals surface area contributed by atoms with Crippen molar-refractivity contribution in [3.05, 3.63) is 34.9 Å². The molecule has 0 amide bonds. The second-order valence-corrected chi connectivity index (χ2v) is 2.87. The van der Waals surface area contributed by atoms with E-state index in [-0.39, 0.29) is 5.56 Å². The van der Waals surface area contributed by atoms with Crippen LogP contribution < -0.4 is 0 Å². The second-order valence-electron chi connectivity index (χ2n) is 2.87. The van der Waals surface area contributed by atoms with E-state index in [4.69, 9.17) is 0 Å². The van der Waals surface area contributed by atoms with Gasteiger partial charge in [-0.3, -0.25) is 0 Å². The Morgan fingerprint density at radius 2 is 1.56 bits per heavy atom. The van der Waals surface area contributed by atoms with E-state index in [1.54, 1.807) is 0 Å². The lowest BCUT2D eigenvalue weighted by atomic mass is 10.1. The van der Waals surface area contributed by atoms with Gasteiger partial charge >= 0.3 is 6.18 Å². The van der Waals surface area contributed by atoms with Crippen LogP contribution in [0.5, 0.6) is 0 Å². The summed E-state index contributed by atoms with van der Waals surface area (Å²) in [5.41, 5.74) is -1.45. The molecule has 92 valence electrons. The average molecular weight is 240 g/mol. The maximum absolute atomic E-state index is 12.2. The lowest BCUT2D eigenvalue weighted by molar-refractivity contribution is -0.138. The highest BCUT2D eigenvalue weighted by molar-refractivity contribution is 5.33. The average Bonchev–Trinajstić information content (AvgIpc) is 2.18. The summed E-state index contributed by atoms with van der Waals surface area (Å²) in [6, 6.07) is 2.32. The number of hydrogen-bond donors (Lipinski definition) is 0. The molecule has 0 radical (unpaired) electrons. The lowest BCUT2D eigenvalue weighted by Crippen LogP contribution is -2.07. The maximum Gasteiger partial charge on any atom is 0.416 e. The molecule has 0 unspecified atom stereocenters. The van der Waals surface area contributed by atoms with E-state index in [2.05, 4.69) is 0 Å². The molecule has 0 aromatic heterocycles. The number of alkyl halides is 5. The number of benzene rings is 1.